The highest BCUT2D eigenvalue weighted by molar-refractivity contribution is 6.36. The van der Waals surface area contributed by atoms with E-state index in [0.29, 0.717) is 5.95 Å². The second-order valence-corrected chi connectivity index (χ2v) is 12.5. The third kappa shape index (κ3) is 3.38. The number of hydrogen-bond acceptors (Lipinski definition) is 3. The number of fused-ring (bicyclic) bond motifs is 15. The molecule has 0 spiro atoms. The summed E-state index contributed by atoms with van der Waals surface area (Å²) < 4.78 is 9.15. The van der Waals surface area contributed by atoms with E-state index < -0.39 is 0 Å². The number of nitrogens with zero attached hydrogens (tertiary/aromatic N) is 3. The van der Waals surface area contributed by atoms with Crippen molar-refractivity contribution in [2.75, 3.05) is 0 Å². The van der Waals surface area contributed by atoms with Crippen LogP contribution in [0.25, 0.3) is 104 Å². The fraction of sp³-hybridized carbons (Fsp3) is 0. The molecular weight excluding hydrogens is 587 g/mol. The van der Waals surface area contributed by atoms with Crippen LogP contribution in [0.15, 0.2) is 156 Å². The molecule has 4 nitrogen and oxygen atoms in total. The molecule has 3 heterocycles. The minimum absolute atomic E-state index is 0.617. The number of rotatable bonds is 2. The van der Waals surface area contributed by atoms with Crippen molar-refractivity contribution in [1.29, 1.82) is 0 Å². The van der Waals surface area contributed by atoms with Gasteiger partial charge >= 0.3 is 0 Å². The molecule has 0 amide bonds. The molecule has 11 rings (SSSR count). The van der Waals surface area contributed by atoms with Crippen LogP contribution in [0.1, 0.15) is 0 Å². The summed E-state index contributed by atoms with van der Waals surface area (Å²) in [7, 11) is 0. The Hall–Kier alpha value is -6.52. The zero-order valence-electron chi connectivity index (χ0n) is 25.7. The van der Waals surface area contributed by atoms with Crippen LogP contribution in [0.4, 0.5) is 0 Å². The monoisotopic (exact) mass is 611 g/mol. The minimum Gasteiger partial charge on any atom is -0.454 e. The van der Waals surface area contributed by atoms with Crippen LogP contribution in [-0.4, -0.2) is 14.5 Å². The average Bonchev–Trinajstić information content (AvgIpc) is 3.72. The summed E-state index contributed by atoms with van der Waals surface area (Å²) >= 11 is 0. The maximum Gasteiger partial charge on any atom is 0.235 e. The fourth-order valence-corrected chi connectivity index (χ4v) is 7.90. The Kier molecular flexibility index (Phi) is 5.08. The van der Waals surface area contributed by atoms with Crippen LogP contribution in [0, 0.1) is 0 Å². The summed E-state index contributed by atoms with van der Waals surface area (Å²) in [5.74, 6) is 0.617. The summed E-state index contributed by atoms with van der Waals surface area (Å²) in [4.78, 5) is 11.0. The molecule has 0 saturated heterocycles. The molecule has 0 aliphatic rings. The fourth-order valence-electron chi connectivity index (χ4n) is 7.90. The van der Waals surface area contributed by atoms with Crippen LogP contribution in [0.2, 0.25) is 0 Å². The molecule has 0 saturated carbocycles. The van der Waals surface area contributed by atoms with E-state index in [9.17, 15) is 0 Å². The predicted octanol–water partition coefficient (Wildman–Crippen LogP) is 11.8. The maximum absolute atomic E-state index is 6.87. The summed E-state index contributed by atoms with van der Waals surface area (Å²) in [6.45, 7) is 0. The van der Waals surface area contributed by atoms with Crippen LogP contribution in [0.3, 0.4) is 0 Å². The first-order valence-corrected chi connectivity index (χ1v) is 16.3. The lowest BCUT2D eigenvalue weighted by Gasteiger charge is -2.14. The highest BCUT2D eigenvalue weighted by Gasteiger charge is 2.26. The normalized spacial score (nSPS) is 12.2. The lowest BCUT2D eigenvalue weighted by Crippen LogP contribution is -2.04. The topological polar surface area (TPSA) is 43.9 Å². The average molecular weight is 612 g/mol. The van der Waals surface area contributed by atoms with Gasteiger partial charge in [-0.25, -0.2) is 9.97 Å². The molecule has 8 aromatic carbocycles. The van der Waals surface area contributed by atoms with Crippen molar-refractivity contribution in [1.82, 2.24) is 14.5 Å². The predicted molar refractivity (Wildman–Crippen MR) is 199 cm³/mol. The molecule has 4 heteroatoms. The Labute approximate surface area is 274 Å². The molecule has 48 heavy (non-hydrogen) atoms. The highest BCUT2D eigenvalue weighted by atomic mass is 16.3. The van der Waals surface area contributed by atoms with Crippen molar-refractivity contribution in [2.45, 2.75) is 0 Å². The van der Waals surface area contributed by atoms with Gasteiger partial charge in [-0.05, 0) is 33.7 Å². The number of benzene rings is 8. The van der Waals surface area contributed by atoms with E-state index in [0.717, 1.165) is 87.4 Å². The van der Waals surface area contributed by atoms with Crippen molar-refractivity contribution in [3.63, 3.8) is 0 Å². The summed E-state index contributed by atoms with van der Waals surface area (Å²) in [6, 6.07) is 53.4. The van der Waals surface area contributed by atoms with Gasteiger partial charge in [-0.3, -0.25) is 4.57 Å². The molecule has 0 bridgehead atoms. The lowest BCUT2D eigenvalue weighted by atomic mass is 9.98. The Balaban J connectivity index is 1.44. The van der Waals surface area contributed by atoms with Crippen molar-refractivity contribution < 1.29 is 4.42 Å². The third-order valence-corrected chi connectivity index (χ3v) is 9.96. The third-order valence-electron chi connectivity index (χ3n) is 9.96. The summed E-state index contributed by atoms with van der Waals surface area (Å²) in [5.41, 5.74) is 6.62. The number of para-hydroxylation sites is 1. The molecule has 0 N–H and O–H groups in total. The van der Waals surface area contributed by atoms with E-state index in [4.69, 9.17) is 14.4 Å². The van der Waals surface area contributed by atoms with Gasteiger partial charge in [0.05, 0.1) is 16.7 Å². The van der Waals surface area contributed by atoms with Gasteiger partial charge in [0.2, 0.25) is 5.95 Å². The van der Waals surface area contributed by atoms with E-state index in [1.165, 1.54) is 10.8 Å². The highest BCUT2D eigenvalue weighted by Crippen LogP contribution is 2.47. The van der Waals surface area contributed by atoms with E-state index in [2.05, 4.69) is 144 Å². The summed E-state index contributed by atoms with van der Waals surface area (Å²) in [5, 5.41) is 12.4. The zero-order valence-corrected chi connectivity index (χ0v) is 25.7. The van der Waals surface area contributed by atoms with Crippen molar-refractivity contribution in [3.05, 3.63) is 152 Å². The molecule has 0 atom stereocenters. The minimum atomic E-state index is 0.617. The Morgan fingerprint density at radius 2 is 1.02 bits per heavy atom. The lowest BCUT2D eigenvalue weighted by molar-refractivity contribution is 0.671. The second-order valence-electron chi connectivity index (χ2n) is 12.5. The molecule has 0 radical (unpaired) electrons. The van der Waals surface area contributed by atoms with Gasteiger partial charge < -0.3 is 4.42 Å². The Morgan fingerprint density at radius 1 is 0.417 bits per heavy atom. The maximum atomic E-state index is 6.87. The Morgan fingerprint density at radius 3 is 1.81 bits per heavy atom. The molecular formula is C44H25N3O. The van der Waals surface area contributed by atoms with Gasteiger partial charge in [0.25, 0.3) is 0 Å². The van der Waals surface area contributed by atoms with Gasteiger partial charge in [-0.15, -0.1) is 0 Å². The number of aromatic nitrogens is 3. The molecule has 222 valence electrons. The molecule has 0 aliphatic carbocycles. The van der Waals surface area contributed by atoms with Gasteiger partial charge in [-0.2, -0.15) is 0 Å². The summed E-state index contributed by atoms with van der Waals surface area (Å²) in [6.07, 6.45) is 0. The molecule has 0 aliphatic heterocycles. The molecule has 11 aromatic rings. The first kappa shape index (κ1) is 25.6. The van der Waals surface area contributed by atoms with Crippen molar-refractivity contribution >= 4 is 87.0 Å². The van der Waals surface area contributed by atoms with Crippen LogP contribution in [0.5, 0.6) is 0 Å². The van der Waals surface area contributed by atoms with Crippen molar-refractivity contribution in [2.24, 2.45) is 0 Å². The van der Waals surface area contributed by atoms with Crippen molar-refractivity contribution in [3.8, 4) is 17.2 Å². The SMILES string of the molecule is c1ccc(-c2nc(-n3c4c5ccccc5ccc4c4c5ccccc5c5c6ccccc6oc5c43)nc3c2ccc2ccccc23)cc1. The zero-order chi connectivity index (χ0) is 31.3. The first-order chi connectivity index (χ1) is 23.8. The van der Waals surface area contributed by atoms with Crippen LogP contribution >= 0.6 is 0 Å². The van der Waals surface area contributed by atoms with Gasteiger partial charge in [-0.1, -0.05) is 140 Å². The smallest absolute Gasteiger partial charge is 0.235 e. The largest absolute Gasteiger partial charge is 0.454 e. The number of hydrogen-bond donors (Lipinski definition) is 0. The van der Waals surface area contributed by atoms with E-state index in [-0.39, 0.29) is 0 Å². The first-order valence-electron chi connectivity index (χ1n) is 16.3. The van der Waals surface area contributed by atoms with Crippen LogP contribution < -0.4 is 0 Å². The number of furan rings is 1. The van der Waals surface area contributed by atoms with Gasteiger partial charge in [0, 0.05) is 43.3 Å². The van der Waals surface area contributed by atoms with Gasteiger partial charge in [0.1, 0.15) is 11.1 Å². The second kappa shape index (κ2) is 9.50. The Bertz CT molecular complexity index is 3120. The molecule has 0 unspecified atom stereocenters. The van der Waals surface area contributed by atoms with Crippen LogP contribution in [-0.2, 0) is 0 Å². The standard InChI is InChI=1S/C44H25N3O/c1-2-14-28(15-3-1)39-35-25-23-26-12-4-6-16-29(26)40(35)46-44(45-39)47-41-30-17-7-5-13-27(30)22-24-34(41)37-31-18-8-9-19-32(31)38-33-20-10-11-21-36(33)48-43(38)42(37)47/h1-25H. The van der Waals surface area contributed by atoms with E-state index in [1.807, 2.05) is 12.1 Å². The van der Waals surface area contributed by atoms with E-state index >= 15 is 0 Å². The molecule has 3 aromatic heterocycles. The molecule has 0 fully saturated rings. The van der Waals surface area contributed by atoms with Gasteiger partial charge in [0.15, 0.2) is 5.58 Å². The van der Waals surface area contributed by atoms with E-state index in [1.54, 1.807) is 0 Å². The quantitative estimate of drug-likeness (QED) is 0.183.